The van der Waals surface area contributed by atoms with Gasteiger partial charge in [0, 0.05) is 23.5 Å². The van der Waals surface area contributed by atoms with Gasteiger partial charge >= 0.3 is 11.9 Å². The second-order valence-corrected chi connectivity index (χ2v) is 9.92. The van der Waals surface area contributed by atoms with Crippen molar-refractivity contribution in [3.8, 4) is 16.9 Å². The fourth-order valence-corrected chi connectivity index (χ4v) is 4.59. The SMILES string of the molecule is CCS(=O)(=O)c1cc(-c2cccc(Cl)c2Cl)cnc1-n1nc2cc(C(F)(F)F)ccn2c1=O. The van der Waals surface area contributed by atoms with Crippen LogP contribution in [0.1, 0.15) is 12.5 Å². The molecule has 13 heteroatoms. The Kier molecular flexibility index (Phi) is 5.75. The summed E-state index contributed by atoms with van der Waals surface area (Å²) in [4.78, 5) is 16.6. The number of pyridine rings is 2. The molecule has 0 amide bonds. The van der Waals surface area contributed by atoms with E-state index in [1.165, 1.54) is 19.2 Å². The summed E-state index contributed by atoms with van der Waals surface area (Å²) in [5.41, 5.74) is -1.49. The predicted molar refractivity (Wildman–Crippen MR) is 117 cm³/mol. The quantitative estimate of drug-likeness (QED) is 0.393. The number of nitrogens with zero attached hydrogens (tertiary/aromatic N) is 4. The van der Waals surface area contributed by atoms with Gasteiger partial charge in [0.1, 0.15) is 4.90 Å². The number of fused-ring (bicyclic) bond motifs is 1. The van der Waals surface area contributed by atoms with E-state index in [9.17, 15) is 26.4 Å². The molecule has 0 saturated carbocycles. The lowest BCUT2D eigenvalue weighted by atomic mass is 10.1. The van der Waals surface area contributed by atoms with Crippen molar-refractivity contribution in [1.82, 2.24) is 19.2 Å². The monoisotopic (exact) mass is 516 g/mol. The lowest BCUT2D eigenvalue weighted by Gasteiger charge is -2.11. The van der Waals surface area contributed by atoms with Crippen LogP contribution in [0.3, 0.4) is 0 Å². The van der Waals surface area contributed by atoms with Crippen molar-refractivity contribution in [3.63, 3.8) is 0 Å². The van der Waals surface area contributed by atoms with Crippen LogP contribution in [0, 0.1) is 0 Å². The van der Waals surface area contributed by atoms with Crippen molar-refractivity contribution >= 4 is 38.7 Å². The first-order valence-electron chi connectivity index (χ1n) is 9.30. The second kappa shape index (κ2) is 8.15. The zero-order valence-electron chi connectivity index (χ0n) is 16.6. The zero-order chi connectivity index (χ0) is 24.1. The van der Waals surface area contributed by atoms with Crippen molar-refractivity contribution in [2.24, 2.45) is 0 Å². The normalized spacial score (nSPS) is 12.4. The number of alkyl halides is 3. The molecule has 172 valence electrons. The molecule has 3 heterocycles. The third kappa shape index (κ3) is 4.11. The Morgan fingerprint density at radius 3 is 2.52 bits per heavy atom. The van der Waals surface area contributed by atoms with Crippen LogP contribution in [0.2, 0.25) is 10.0 Å². The fourth-order valence-electron chi connectivity index (χ4n) is 3.14. The van der Waals surface area contributed by atoms with Crippen LogP contribution in [-0.4, -0.2) is 33.3 Å². The maximum absolute atomic E-state index is 13.0. The third-order valence-electron chi connectivity index (χ3n) is 4.86. The van der Waals surface area contributed by atoms with Gasteiger partial charge < -0.3 is 0 Å². The van der Waals surface area contributed by atoms with Gasteiger partial charge in [-0.3, -0.25) is 0 Å². The molecular formula is C20H13Cl2F3N4O3S. The summed E-state index contributed by atoms with van der Waals surface area (Å²) in [7, 11) is -3.94. The molecule has 4 rings (SSSR count). The molecular weight excluding hydrogens is 504 g/mol. The second-order valence-electron chi connectivity index (χ2n) is 6.89. The Morgan fingerprint density at radius 1 is 1.12 bits per heavy atom. The van der Waals surface area contributed by atoms with E-state index in [0.29, 0.717) is 21.9 Å². The molecule has 0 radical (unpaired) electrons. The molecule has 0 fully saturated rings. The summed E-state index contributed by atoms with van der Waals surface area (Å²) in [5, 5.41) is 4.32. The van der Waals surface area contributed by atoms with E-state index >= 15 is 0 Å². The van der Waals surface area contributed by atoms with Gasteiger partial charge in [-0.05, 0) is 24.3 Å². The molecule has 33 heavy (non-hydrogen) atoms. The highest BCUT2D eigenvalue weighted by molar-refractivity contribution is 7.91. The first-order valence-corrected chi connectivity index (χ1v) is 11.7. The lowest BCUT2D eigenvalue weighted by molar-refractivity contribution is -0.137. The van der Waals surface area contributed by atoms with Crippen molar-refractivity contribution in [2.45, 2.75) is 18.0 Å². The largest absolute Gasteiger partial charge is 0.416 e. The molecule has 0 aliphatic rings. The zero-order valence-corrected chi connectivity index (χ0v) is 19.0. The molecule has 0 unspecified atom stereocenters. The fraction of sp³-hybridized carbons (Fsp3) is 0.150. The van der Waals surface area contributed by atoms with Crippen LogP contribution in [0.5, 0.6) is 0 Å². The highest BCUT2D eigenvalue weighted by Gasteiger charge is 2.31. The van der Waals surface area contributed by atoms with E-state index in [1.807, 2.05) is 0 Å². The van der Waals surface area contributed by atoms with Crippen molar-refractivity contribution in [1.29, 1.82) is 0 Å². The standard InChI is InChI=1S/C20H13Cl2F3N4O3S/c1-2-33(31,32)15-8-11(13-4-3-5-14(21)17(13)22)10-26-18(15)29-19(30)28-7-6-12(20(23,24)25)9-16(28)27-29/h3-10H,2H2,1H3. The van der Waals surface area contributed by atoms with Gasteiger partial charge in [-0.25, -0.2) is 22.6 Å². The van der Waals surface area contributed by atoms with E-state index in [1.54, 1.807) is 18.2 Å². The number of aromatic nitrogens is 4. The lowest BCUT2D eigenvalue weighted by Crippen LogP contribution is -2.23. The smallest absolute Gasteiger partial charge is 0.250 e. The average molecular weight is 517 g/mol. The van der Waals surface area contributed by atoms with Crippen LogP contribution in [0.4, 0.5) is 13.2 Å². The molecule has 0 aliphatic heterocycles. The minimum Gasteiger partial charge on any atom is -0.250 e. The number of hydrogen-bond donors (Lipinski definition) is 0. The molecule has 0 spiro atoms. The number of hydrogen-bond acceptors (Lipinski definition) is 5. The van der Waals surface area contributed by atoms with Gasteiger partial charge in [0.15, 0.2) is 21.3 Å². The Balaban J connectivity index is 1.98. The number of benzene rings is 1. The van der Waals surface area contributed by atoms with Crippen molar-refractivity contribution < 1.29 is 21.6 Å². The molecule has 4 aromatic rings. The maximum Gasteiger partial charge on any atom is 0.416 e. The maximum atomic E-state index is 13.0. The molecule has 7 nitrogen and oxygen atoms in total. The Bertz CT molecular complexity index is 1560. The summed E-state index contributed by atoms with van der Waals surface area (Å²) < 4.78 is 66.3. The third-order valence-corrected chi connectivity index (χ3v) is 7.41. The van der Waals surface area contributed by atoms with Crippen LogP contribution in [0.25, 0.3) is 22.6 Å². The highest BCUT2D eigenvalue weighted by Crippen LogP contribution is 2.35. The number of halogens is 5. The van der Waals surface area contributed by atoms with Crippen LogP contribution < -0.4 is 5.69 Å². The van der Waals surface area contributed by atoms with E-state index in [2.05, 4.69) is 10.1 Å². The van der Waals surface area contributed by atoms with Gasteiger partial charge in [-0.1, -0.05) is 42.3 Å². The molecule has 1 aromatic carbocycles. The minimum absolute atomic E-state index is 0.179. The summed E-state index contributed by atoms with van der Waals surface area (Å²) in [6.07, 6.45) is -2.45. The van der Waals surface area contributed by atoms with Crippen LogP contribution >= 0.6 is 23.2 Å². The molecule has 3 aromatic heterocycles. The van der Waals surface area contributed by atoms with Crippen LogP contribution in [-0.2, 0) is 16.0 Å². The first kappa shape index (κ1) is 23.3. The molecule has 0 aliphatic carbocycles. The molecule has 0 saturated heterocycles. The average Bonchev–Trinajstić information content (AvgIpc) is 3.10. The summed E-state index contributed by atoms with van der Waals surface area (Å²) >= 11 is 12.3. The molecule has 0 bridgehead atoms. The van der Waals surface area contributed by atoms with Gasteiger partial charge in [0.2, 0.25) is 0 Å². The summed E-state index contributed by atoms with van der Waals surface area (Å²) in [6.45, 7) is 1.40. The topological polar surface area (TPSA) is 86.3 Å². The number of rotatable bonds is 4. The summed E-state index contributed by atoms with van der Waals surface area (Å²) in [6, 6.07) is 7.48. The van der Waals surface area contributed by atoms with E-state index < -0.39 is 27.3 Å². The minimum atomic E-state index is -4.64. The van der Waals surface area contributed by atoms with E-state index in [0.717, 1.165) is 16.7 Å². The highest BCUT2D eigenvalue weighted by atomic mass is 35.5. The van der Waals surface area contributed by atoms with E-state index in [-0.39, 0.29) is 32.2 Å². The first-order chi connectivity index (χ1) is 15.4. The van der Waals surface area contributed by atoms with Crippen molar-refractivity contribution in [2.75, 3.05) is 5.75 Å². The molecule has 0 atom stereocenters. The van der Waals surface area contributed by atoms with Crippen molar-refractivity contribution in [3.05, 3.63) is 74.9 Å². The van der Waals surface area contributed by atoms with Crippen LogP contribution in [0.15, 0.2) is 58.5 Å². The Morgan fingerprint density at radius 2 is 1.85 bits per heavy atom. The van der Waals surface area contributed by atoms with Gasteiger partial charge in [-0.2, -0.15) is 17.9 Å². The molecule has 0 N–H and O–H groups in total. The summed E-state index contributed by atoms with van der Waals surface area (Å²) in [5.74, 6) is -0.671. The Labute approximate surface area is 194 Å². The van der Waals surface area contributed by atoms with Gasteiger partial charge in [0.05, 0.1) is 21.4 Å². The van der Waals surface area contributed by atoms with Gasteiger partial charge in [0.25, 0.3) is 0 Å². The predicted octanol–water partition coefficient (Wildman–Crippen LogP) is 4.67. The Hall–Kier alpha value is -2.89. The van der Waals surface area contributed by atoms with E-state index in [4.69, 9.17) is 23.2 Å². The number of sulfone groups is 1. The van der Waals surface area contributed by atoms with Gasteiger partial charge in [-0.15, -0.1) is 5.10 Å².